The highest BCUT2D eigenvalue weighted by atomic mass is 16.5. The molecule has 0 spiro atoms. The monoisotopic (exact) mass is 469 g/mol. The molecule has 1 aromatic heterocycles. The van der Waals surface area contributed by atoms with Crippen molar-refractivity contribution in [2.24, 2.45) is 0 Å². The van der Waals surface area contributed by atoms with Gasteiger partial charge in [-0.1, -0.05) is 55.1 Å². The maximum atomic E-state index is 12.8. The fraction of sp³-hybridized carbons (Fsp3) is 0.172. The van der Waals surface area contributed by atoms with Gasteiger partial charge in [-0.15, -0.1) is 0 Å². The van der Waals surface area contributed by atoms with Crippen molar-refractivity contribution in [3.05, 3.63) is 109 Å². The number of hydrogen-bond donors (Lipinski definition) is 0. The van der Waals surface area contributed by atoms with Gasteiger partial charge in [-0.05, 0) is 35.9 Å². The second kappa shape index (κ2) is 11.7. The van der Waals surface area contributed by atoms with Crippen molar-refractivity contribution >= 4 is 5.78 Å². The molecule has 1 heterocycles. The van der Waals surface area contributed by atoms with Crippen LogP contribution in [0, 0.1) is 0 Å². The van der Waals surface area contributed by atoms with Crippen molar-refractivity contribution in [2.45, 2.75) is 19.4 Å². The van der Waals surface area contributed by atoms with E-state index in [4.69, 9.17) is 18.6 Å². The molecule has 0 N–H and O–H groups in total. The Morgan fingerprint density at radius 1 is 0.971 bits per heavy atom. The lowest BCUT2D eigenvalue weighted by Crippen LogP contribution is -2.05. The number of Topliss-reactive ketones (excluding diaryl/α,β-unsaturated/α-hetero) is 1. The number of oxazole rings is 1. The number of para-hydroxylation sites is 1. The summed E-state index contributed by atoms with van der Waals surface area (Å²) in [6.07, 6.45) is 3.97. The molecule has 6 heteroatoms. The van der Waals surface area contributed by atoms with Gasteiger partial charge in [-0.2, -0.15) is 0 Å². The molecule has 0 atom stereocenters. The van der Waals surface area contributed by atoms with E-state index in [2.05, 4.69) is 11.6 Å². The largest absolute Gasteiger partial charge is 0.493 e. The second-order valence-corrected chi connectivity index (χ2v) is 7.80. The van der Waals surface area contributed by atoms with Crippen LogP contribution in [0.2, 0.25) is 0 Å². The fourth-order valence-electron chi connectivity index (χ4n) is 3.56. The third-order valence-corrected chi connectivity index (χ3v) is 5.35. The maximum absolute atomic E-state index is 12.8. The van der Waals surface area contributed by atoms with Crippen LogP contribution in [-0.2, 0) is 13.0 Å². The van der Waals surface area contributed by atoms with Crippen molar-refractivity contribution < 1.29 is 23.4 Å². The molecule has 0 fully saturated rings. The molecule has 4 aromatic rings. The molecular formula is C29H27NO5. The lowest BCUT2D eigenvalue weighted by molar-refractivity contribution is 0.0979. The van der Waals surface area contributed by atoms with E-state index < -0.39 is 0 Å². The number of carbonyl (C=O) groups is 1. The first-order chi connectivity index (χ1) is 17.2. The van der Waals surface area contributed by atoms with Crippen LogP contribution in [0.4, 0.5) is 0 Å². The molecule has 6 nitrogen and oxygen atoms in total. The summed E-state index contributed by atoms with van der Waals surface area (Å²) in [5, 5.41) is 0. The van der Waals surface area contributed by atoms with Gasteiger partial charge in [0, 0.05) is 18.4 Å². The van der Waals surface area contributed by atoms with E-state index >= 15 is 0 Å². The topological polar surface area (TPSA) is 70.8 Å². The predicted octanol–water partition coefficient (Wildman–Crippen LogP) is 6.31. The van der Waals surface area contributed by atoms with Gasteiger partial charge in [-0.25, -0.2) is 4.98 Å². The SMILES string of the molecule is C=CCOc1ccccc1C(=O)CCc1coc(-c2ccc(OC)c(OCc3ccccc3)c2)n1. The Balaban J connectivity index is 1.43. The van der Waals surface area contributed by atoms with E-state index in [-0.39, 0.29) is 12.2 Å². The summed E-state index contributed by atoms with van der Waals surface area (Å²) in [4.78, 5) is 17.4. The standard InChI is InChI=1S/C29H27NO5/c1-3-17-33-26-12-8-7-11-24(26)25(31)15-14-23-20-35-29(30-23)22-13-16-27(32-2)28(18-22)34-19-21-9-5-4-6-10-21/h3-13,16,18,20H,1,14-15,17,19H2,2H3. The van der Waals surface area contributed by atoms with E-state index in [9.17, 15) is 4.79 Å². The van der Waals surface area contributed by atoms with Gasteiger partial charge in [0.1, 0.15) is 25.2 Å². The van der Waals surface area contributed by atoms with Crippen LogP contribution in [0.15, 0.2) is 96.1 Å². The minimum absolute atomic E-state index is 0.0183. The van der Waals surface area contributed by atoms with Crippen LogP contribution in [0.25, 0.3) is 11.5 Å². The van der Waals surface area contributed by atoms with Gasteiger partial charge in [0.15, 0.2) is 17.3 Å². The Labute approximate surface area is 204 Å². The maximum Gasteiger partial charge on any atom is 0.226 e. The zero-order valence-electron chi connectivity index (χ0n) is 19.6. The van der Waals surface area contributed by atoms with E-state index in [1.165, 1.54) is 0 Å². The molecule has 0 unspecified atom stereocenters. The van der Waals surface area contributed by atoms with Crippen LogP contribution in [0.5, 0.6) is 17.2 Å². The smallest absolute Gasteiger partial charge is 0.226 e. The lowest BCUT2D eigenvalue weighted by atomic mass is 10.0. The highest BCUT2D eigenvalue weighted by molar-refractivity contribution is 5.98. The lowest BCUT2D eigenvalue weighted by Gasteiger charge is -2.11. The summed E-state index contributed by atoms with van der Waals surface area (Å²) in [5.74, 6) is 2.21. The summed E-state index contributed by atoms with van der Waals surface area (Å²) in [5.41, 5.74) is 3.06. The zero-order valence-corrected chi connectivity index (χ0v) is 19.6. The molecule has 0 amide bonds. The predicted molar refractivity (Wildman–Crippen MR) is 134 cm³/mol. The van der Waals surface area contributed by atoms with Crippen molar-refractivity contribution in [3.8, 4) is 28.7 Å². The van der Waals surface area contributed by atoms with Gasteiger partial charge in [0.05, 0.1) is 18.4 Å². The summed E-state index contributed by atoms with van der Waals surface area (Å²) in [7, 11) is 1.60. The number of methoxy groups -OCH3 is 1. The Bertz CT molecular complexity index is 1280. The van der Waals surface area contributed by atoms with Gasteiger partial charge < -0.3 is 18.6 Å². The van der Waals surface area contributed by atoms with Crippen molar-refractivity contribution in [1.82, 2.24) is 4.98 Å². The molecule has 0 saturated carbocycles. The summed E-state index contributed by atoms with van der Waals surface area (Å²) in [6.45, 7) is 4.41. The minimum atomic E-state index is -0.0183. The zero-order chi connectivity index (χ0) is 24.5. The molecule has 0 saturated heterocycles. The van der Waals surface area contributed by atoms with Crippen molar-refractivity contribution in [2.75, 3.05) is 13.7 Å². The number of carbonyl (C=O) groups excluding carboxylic acids is 1. The number of benzene rings is 3. The first kappa shape index (κ1) is 23.8. The highest BCUT2D eigenvalue weighted by Gasteiger charge is 2.15. The van der Waals surface area contributed by atoms with Crippen LogP contribution in [-0.4, -0.2) is 24.5 Å². The number of nitrogens with zero attached hydrogens (tertiary/aromatic N) is 1. The first-order valence-electron chi connectivity index (χ1n) is 11.3. The second-order valence-electron chi connectivity index (χ2n) is 7.80. The van der Waals surface area contributed by atoms with Crippen LogP contribution >= 0.6 is 0 Å². The molecule has 178 valence electrons. The molecule has 4 rings (SSSR count). The summed E-state index contributed by atoms with van der Waals surface area (Å²) in [6, 6.07) is 22.7. The van der Waals surface area contributed by atoms with Gasteiger partial charge in [-0.3, -0.25) is 4.79 Å². The number of ether oxygens (including phenoxy) is 3. The number of rotatable bonds is 12. The number of ketones is 1. The molecular weight excluding hydrogens is 442 g/mol. The normalized spacial score (nSPS) is 10.5. The Morgan fingerprint density at radius 3 is 2.57 bits per heavy atom. The van der Waals surface area contributed by atoms with Crippen molar-refractivity contribution in [1.29, 1.82) is 0 Å². The first-order valence-corrected chi connectivity index (χ1v) is 11.3. The van der Waals surface area contributed by atoms with Gasteiger partial charge >= 0.3 is 0 Å². The van der Waals surface area contributed by atoms with Gasteiger partial charge in [0.25, 0.3) is 0 Å². The number of aryl methyl sites for hydroxylation is 1. The molecule has 0 aliphatic carbocycles. The van der Waals surface area contributed by atoms with Crippen LogP contribution < -0.4 is 14.2 Å². The Morgan fingerprint density at radius 2 is 1.77 bits per heavy atom. The van der Waals surface area contributed by atoms with E-state index in [0.29, 0.717) is 54.0 Å². The molecule has 35 heavy (non-hydrogen) atoms. The molecule has 0 radical (unpaired) electrons. The highest BCUT2D eigenvalue weighted by Crippen LogP contribution is 2.33. The molecule has 0 aliphatic heterocycles. The van der Waals surface area contributed by atoms with Crippen LogP contribution in [0.3, 0.4) is 0 Å². The van der Waals surface area contributed by atoms with Crippen molar-refractivity contribution in [3.63, 3.8) is 0 Å². The van der Waals surface area contributed by atoms with E-state index in [1.54, 1.807) is 31.6 Å². The minimum Gasteiger partial charge on any atom is -0.493 e. The third kappa shape index (κ3) is 6.18. The van der Waals surface area contributed by atoms with E-state index in [1.807, 2.05) is 60.7 Å². The van der Waals surface area contributed by atoms with Crippen LogP contribution in [0.1, 0.15) is 28.0 Å². The fourth-order valence-corrected chi connectivity index (χ4v) is 3.56. The number of aromatic nitrogens is 1. The molecule has 0 aliphatic rings. The average molecular weight is 470 g/mol. The molecule has 0 bridgehead atoms. The Hall–Kier alpha value is -4.32. The average Bonchev–Trinajstić information content (AvgIpc) is 3.39. The third-order valence-electron chi connectivity index (χ3n) is 5.35. The molecule has 3 aromatic carbocycles. The number of hydrogen-bond acceptors (Lipinski definition) is 6. The van der Waals surface area contributed by atoms with Gasteiger partial charge in [0.2, 0.25) is 5.89 Å². The quantitative estimate of drug-likeness (QED) is 0.179. The Kier molecular flexibility index (Phi) is 7.96. The summed E-state index contributed by atoms with van der Waals surface area (Å²) < 4.78 is 22.7. The summed E-state index contributed by atoms with van der Waals surface area (Å²) >= 11 is 0. The van der Waals surface area contributed by atoms with E-state index in [0.717, 1.165) is 11.1 Å².